The molecule has 0 aliphatic carbocycles. The number of anilines is 1. The van der Waals surface area contributed by atoms with E-state index in [0.717, 1.165) is 5.56 Å². The molecule has 2 saturated heterocycles. The molecule has 2 aliphatic rings. The summed E-state index contributed by atoms with van der Waals surface area (Å²) >= 11 is 0. The molecule has 2 aliphatic heterocycles. The van der Waals surface area contributed by atoms with Gasteiger partial charge in [-0.15, -0.1) is 5.10 Å². The predicted octanol–water partition coefficient (Wildman–Crippen LogP) is 2.74. The van der Waals surface area contributed by atoms with Crippen molar-refractivity contribution >= 4 is 29.8 Å². The molecule has 1 amide bonds. The molecule has 1 aromatic carbocycles. The van der Waals surface area contributed by atoms with Crippen LogP contribution in [0.2, 0.25) is 0 Å². The number of methoxy groups -OCH3 is 1. The Morgan fingerprint density at radius 3 is 2.48 bits per heavy atom. The van der Waals surface area contributed by atoms with Gasteiger partial charge in [-0.05, 0) is 98.5 Å². The number of carboxylic acids is 1. The summed E-state index contributed by atoms with van der Waals surface area (Å²) in [6.07, 6.45) is -1.35. The third-order valence-corrected chi connectivity index (χ3v) is 12.7. The molecule has 6 N–H and O–H groups in total. The smallest absolute Gasteiger partial charge is 0.317 e. The number of aliphatic carboxylic acids is 1. The van der Waals surface area contributed by atoms with E-state index in [0.29, 0.717) is 56.6 Å². The molecule has 2 aromatic rings. The number of amides is 1. The first-order valence-corrected chi connectivity index (χ1v) is 21.8. The first kappa shape index (κ1) is 50.6. The van der Waals surface area contributed by atoms with Crippen LogP contribution in [0, 0.1) is 17.8 Å². The van der Waals surface area contributed by atoms with E-state index in [4.69, 9.17) is 24.7 Å². The molecule has 0 spiro atoms. The highest BCUT2D eigenvalue weighted by atomic mass is 16.7. The van der Waals surface area contributed by atoms with Crippen molar-refractivity contribution in [2.75, 3.05) is 40.0 Å². The third kappa shape index (κ3) is 12.4. The van der Waals surface area contributed by atoms with Crippen molar-refractivity contribution < 1.29 is 53.4 Å². The fourth-order valence-electron chi connectivity index (χ4n) is 9.33. The van der Waals surface area contributed by atoms with Crippen molar-refractivity contribution in [2.24, 2.45) is 17.8 Å². The number of aliphatic hydroxyl groups is 2. The topological polar surface area (TPSA) is 241 Å². The zero-order valence-electron chi connectivity index (χ0n) is 38.1. The number of nitrogen functional groups attached to an aromatic ring is 1. The lowest BCUT2D eigenvalue weighted by molar-refractivity contribution is -0.295. The normalized spacial score (nSPS) is 34.2. The summed E-state index contributed by atoms with van der Waals surface area (Å²) in [6.45, 7) is 13.3. The van der Waals surface area contributed by atoms with E-state index in [1.54, 1.807) is 31.5 Å². The Hall–Kier alpha value is -4.04. The lowest BCUT2D eigenvalue weighted by Crippen LogP contribution is -2.65. The lowest BCUT2D eigenvalue weighted by Gasteiger charge is -2.47. The number of rotatable bonds is 15. The largest absolute Gasteiger partial charge is 0.481 e. The highest BCUT2D eigenvalue weighted by Gasteiger charge is 2.52. The molecule has 0 saturated carbocycles. The minimum atomic E-state index is -1.89. The summed E-state index contributed by atoms with van der Waals surface area (Å²) in [5.41, 5.74) is 4.95. The Balaban J connectivity index is 1.66. The number of likely N-dealkylation sites (N-methyl/N-ethyl adjacent to an activating group) is 1. The van der Waals surface area contributed by atoms with Gasteiger partial charge in [0, 0.05) is 49.5 Å². The summed E-state index contributed by atoms with van der Waals surface area (Å²) < 4.78 is 26.6. The van der Waals surface area contributed by atoms with Gasteiger partial charge in [-0.2, -0.15) is 0 Å². The summed E-state index contributed by atoms with van der Waals surface area (Å²) in [4.78, 5) is 57.4. The number of ketones is 1. The van der Waals surface area contributed by atoms with Crippen LogP contribution in [0.25, 0.3) is 11.3 Å². The highest BCUT2D eigenvalue weighted by molar-refractivity contribution is 6.02. The van der Waals surface area contributed by atoms with Gasteiger partial charge in [0.2, 0.25) is 6.41 Å². The molecule has 62 heavy (non-hydrogen) atoms. The van der Waals surface area contributed by atoms with Crippen molar-refractivity contribution in [1.29, 1.82) is 0 Å². The zero-order valence-corrected chi connectivity index (χ0v) is 38.1. The number of nitrogens with two attached hydrogens (primary N) is 1. The average molecular weight is 874 g/mol. The molecule has 1 aromatic heterocycles. The number of ether oxygens (including phenoxy) is 4. The average Bonchev–Trinajstić information content (AvgIpc) is 3.70. The van der Waals surface area contributed by atoms with Crippen LogP contribution in [0.4, 0.5) is 5.69 Å². The molecule has 13 atom stereocenters. The van der Waals surface area contributed by atoms with E-state index in [1.807, 2.05) is 64.2 Å². The number of nitrogens with one attached hydrogen (secondary N) is 1. The van der Waals surface area contributed by atoms with Crippen molar-refractivity contribution in [3.05, 3.63) is 30.5 Å². The molecule has 18 heteroatoms. The van der Waals surface area contributed by atoms with Gasteiger partial charge in [0.25, 0.3) is 0 Å². The Bertz CT molecular complexity index is 1790. The monoisotopic (exact) mass is 874 g/mol. The molecular weight excluding hydrogens is 803 g/mol. The molecule has 4 rings (SSSR count). The van der Waals surface area contributed by atoms with E-state index >= 15 is 0 Å². The maximum absolute atomic E-state index is 14.6. The van der Waals surface area contributed by atoms with Crippen LogP contribution in [-0.2, 0) is 44.7 Å². The quantitative estimate of drug-likeness (QED) is 0.0568. The summed E-state index contributed by atoms with van der Waals surface area (Å²) in [7, 11) is 5.17. The first-order chi connectivity index (χ1) is 29.2. The van der Waals surface area contributed by atoms with Crippen molar-refractivity contribution in [1.82, 2.24) is 30.1 Å². The van der Waals surface area contributed by atoms with Gasteiger partial charge in [-0.1, -0.05) is 38.1 Å². The second-order valence-corrected chi connectivity index (χ2v) is 18.0. The number of esters is 1. The number of aliphatic hydroxyl groups excluding tert-OH is 1. The van der Waals surface area contributed by atoms with Crippen LogP contribution < -0.4 is 11.1 Å². The maximum Gasteiger partial charge on any atom is 0.317 e. The highest BCUT2D eigenvalue weighted by Crippen LogP contribution is 2.37. The summed E-state index contributed by atoms with van der Waals surface area (Å²) in [6, 6.07) is 5.50. The number of carboxylic acid groups (broad SMARTS) is 1. The van der Waals surface area contributed by atoms with Crippen molar-refractivity contribution in [2.45, 2.75) is 154 Å². The molecular formula is C44H71N7O11. The van der Waals surface area contributed by atoms with Gasteiger partial charge in [0.15, 0.2) is 12.1 Å². The first-order valence-electron chi connectivity index (χ1n) is 21.8. The van der Waals surface area contributed by atoms with Crippen molar-refractivity contribution in [3.63, 3.8) is 0 Å². The Morgan fingerprint density at radius 2 is 1.87 bits per heavy atom. The Morgan fingerprint density at radius 1 is 1.16 bits per heavy atom. The molecule has 0 bridgehead atoms. The van der Waals surface area contributed by atoms with E-state index in [1.165, 1.54) is 18.9 Å². The fourth-order valence-corrected chi connectivity index (χ4v) is 9.33. The molecule has 3 heterocycles. The van der Waals surface area contributed by atoms with Gasteiger partial charge in [-0.25, -0.2) is 0 Å². The number of cyclic esters (lactones) is 1. The number of carbonyl (C=O) groups excluding carboxylic acids is 3. The van der Waals surface area contributed by atoms with E-state index < -0.39 is 83.9 Å². The molecule has 2 fully saturated rings. The van der Waals surface area contributed by atoms with Gasteiger partial charge in [0.1, 0.15) is 29.4 Å². The number of aromatic nitrogens is 3. The number of Topliss-reactive ketones (excluding diaryl/α,β-unsaturated/α-hetero) is 1. The van der Waals surface area contributed by atoms with Crippen LogP contribution >= 0.6 is 0 Å². The van der Waals surface area contributed by atoms with E-state index in [2.05, 4.69) is 15.6 Å². The number of nitrogens with zero attached hydrogens (tertiary/aromatic N) is 5. The van der Waals surface area contributed by atoms with Crippen LogP contribution in [0.3, 0.4) is 0 Å². The number of hydrogen-bond acceptors (Lipinski definition) is 15. The van der Waals surface area contributed by atoms with E-state index in [-0.39, 0.29) is 31.0 Å². The van der Waals surface area contributed by atoms with Crippen LogP contribution in [-0.4, -0.2) is 159 Å². The molecule has 348 valence electrons. The van der Waals surface area contributed by atoms with Crippen molar-refractivity contribution in [3.8, 4) is 11.3 Å². The van der Waals surface area contributed by atoms with Crippen LogP contribution in [0.15, 0.2) is 30.5 Å². The number of carbonyl (C=O) groups is 4. The molecule has 2 unspecified atom stereocenters. The third-order valence-electron chi connectivity index (χ3n) is 12.7. The minimum Gasteiger partial charge on any atom is -0.481 e. The van der Waals surface area contributed by atoms with Gasteiger partial charge >= 0.3 is 11.9 Å². The Kier molecular flexibility index (Phi) is 18.0. The fraction of sp³-hybridized carbons (Fsp3) is 0.727. The van der Waals surface area contributed by atoms with Gasteiger partial charge in [-0.3, -0.25) is 23.9 Å². The Labute approximate surface area is 365 Å². The maximum atomic E-state index is 14.6. The zero-order chi connectivity index (χ0) is 46.1. The van der Waals surface area contributed by atoms with Crippen LogP contribution in [0.5, 0.6) is 0 Å². The molecule has 18 nitrogen and oxygen atoms in total. The lowest BCUT2D eigenvalue weighted by atomic mass is 9.77. The number of aryl methyl sites for hydroxylation is 1. The predicted molar refractivity (Wildman–Crippen MR) is 230 cm³/mol. The van der Waals surface area contributed by atoms with Gasteiger partial charge < -0.3 is 55.1 Å². The van der Waals surface area contributed by atoms with Gasteiger partial charge in [0.05, 0.1) is 36.5 Å². The minimum absolute atomic E-state index is 0.0753. The standard InChI is InChI=1S/C44H71N7O11/c1-11-35-44(7,58)39(50(25-52)17-12-13-18-51-24-33(47-48-51)30-15-14-16-31(45)20-30)29(5)46-23-26(2)22-43(6,59-10)40(28(4)37(55)32(21-36(53)54)41(57)61-35)62-42-38(56)34(49(8)9)19-27(3)60-42/h14-16,20,24-29,32,34-35,38-40,42,46,56,58H,11-13,17-19,21-23,45H2,1-10H3,(H,53,54)/t26-,27-,28+,29-,32-,34?,35-,38?,39-,40-,42+,43-,44-/m1/s1. The van der Waals surface area contributed by atoms with Crippen LogP contribution in [0.1, 0.15) is 87.0 Å². The molecule has 0 radical (unpaired) electrons. The SMILES string of the molecule is CC[C@H]1OC(=O)[C@H](CC(=O)O)C(=O)[C@H](C)[C@@H](O[C@@H]2O[C@H](C)CC(N(C)C)C2O)[C@](C)(OC)C[C@@H](C)CN[C@H](C)[C@@H](N(C=O)CCCCn2cc(-c3cccc(N)c3)nn2)[C@]1(C)O. The number of benzene rings is 1. The van der Waals surface area contributed by atoms with E-state index in [9.17, 15) is 34.5 Å². The second-order valence-electron chi connectivity index (χ2n) is 18.0. The number of hydrogen-bond donors (Lipinski definition) is 5. The summed E-state index contributed by atoms with van der Waals surface area (Å²) in [5.74, 6) is -6.43. The second kappa shape index (κ2) is 22.0. The summed E-state index contributed by atoms with van der Waals surface area (Å²) in [5, 5.41) is 46.0. The number of unbranched alkanes of at least 4 members (excludes halogenated alkanes) is 1.